The average Bonchev–Trinajstić information content (AvgIpc) is 2.87. The lowest BCUT2D eigenvalue weighted by Crippen LogP contribution is -2.07. The Morgan fingerprint density at radius 3 is 2.79 bits per heavy atom. The summed E-state index contributed by atoms with van der Waals surface area (Å²) in [7, 11) is 0. The van der Waals surface area contributed by atoms with Gasteiger partial charge >= 0.3 is 0 Å². The Labute approximate surface area is 108 Å². The Bertz CT molecular complexity index is 625. The molecule has 0 radical (unpaired) electrons. The molecule has 1 heterocycles. The van der Waals surface area contributed by atoms with Gasteiger partial charge in [0.2, 0.25) is 0 Å². The molecule has 2 aromatic rings. The Balaban J connectivity index is 1.98. The maximum Gasteiger partial charge on any atom is 0.185 e. The zero-order valence-electron chi connectivity index (χ0n) is 10.3. The van der Waals surface area contributed by atoms with Gasteiger partial charge in [0.05, 0.1) is 11.3 Å². The molecule has 1 aromatic carbocycles. The summed E-state index contributed by atoms with van der Waals surface area (Å²) in [6.07, 6.45) is 1.12. The summed E-state index contributed by atoms with van der Waals surface area (Å²) in [4.78, 5) is 0. The highest BCUT2D eigenvalue weighted by Gasteiger charge is 2.34. The van der Waals surface area contributed by atoms with E-state index < -0.39 is 11.6 Å². The van der Waals surface area contributed by atoms with Gasteiger partial charge in [-0.3, -0.25) is 0 Å². The molecular formula is C12H13F2N5. The van der Waals surface area contributed by atoms with E-state index in [2.05, 4.69) is 22.4 Å². The summed E-state index contributed by atoms with van der Waals surface area (Å²) < 4.78 is 28.5. The molecule has 1 saturated carbocycles. The fourth-order valence-corrected chi connectivity index (χ4v) is 2.13. The monoisotopic (exact) mass is 265 g/mol. The molecule has 7 heteroatoms. The van der Waals surface area contributed by atoms with Crippen molar-refractivity contribution in [1.29, 1.82) is 0 Å². The molecule has 1 aromatic heterocycles. The fraction of sp³-hybridized carbons (Fsp3) is 0.417. The minimum absolute atomic E-state index is 0.120. The van der Waals surface area contributed by atoms with Crippen LogP contribution >= 0.6 is 0 Å². The largest absolute Gasteiger partial charge is 0.396 e. The average molecular weight is 265 g/mol. The number of benzene rings is 1. The summed E-state index contributed by atoms with van der Waals surface area (Å²) in [5.74, 6) is -0.0609. The van der Waals surface area contributed by atoms with Crippen LogP contribution in [0.25, 0.3) is 11.4 Å². The van der Waals surface area contributed by atoms with Crippen LogP contribution in [0.3, 0.4) is 0 Å². The molecule has 2 unspecified atom stereocenters. The molecule has 19 heavy (non-hydrogen) atoms. The molecule has 5 nitrogen and oxygen atoms in total. The number of nitrogens with zero attached hydrogens (tertiary/aromatic N) is 4. The summed E-state index contributed by atoms with van der Waals surface area (Å²) in [6.45, 7) is 2.78. The van der Waals surface area contributed by atoms with Crippen molar-refractivity contribution >= 4 is 5.69 Å². The van der Waals surface area contributed by atoms with Gasteiger partial charge in [-0.05, 0) is 34.7 Å². The van der Waals surface area contributed by atoms with E-state index in [1.54, 1.807) is 4.68 Å². The first kappa shape index (κ1) is 12.0. The minimum atomic E-state index is -0.781. The molecule has 3 rings (SSSR count). The van der Waals surface area contributed by atoms with Crippen LogP contribution < -0.4 is 5.73 Å². The number of nitrogens with two attached hydrogens (primary N) is 1. The Morgan fingerprint density at radius 2 is 2.11 bits per heavy atom. The zero-order chi connectivity index (χ0) is 13.6. The summed E-state index contributed by atoms with van der Waals surface area (Å²) in [6, 6.07) is 1.98. The third-order valence-electron chi connectivity index (χ3n) is 3.54. The Hall–Kier alpha value is -2.05. The van der Waals surface area contributed by atoms with Gasteiger partial charge in [0.1, 0.15) is 11.6 Å². The standard InChI is InChI=1S/C12H13F2N5/c1-6-2-7(6)5-19-12(16-17-18-19)8-3-11(15)10(14)4-9(8)13/h3-4,6-7H,2,5,15H2,1H3. The van der Waals surface area contributed by atoms with Gasteiger partial charge in [0.15, 0.2) is 5.82 Å². The zero-order valence-corrected chi connectivity index (χ0v) is 10.3. The summed E-state index contributed by atoms with van der Waals surface area (Å²) in [5.41, 5.74) is 5.46. The topological polar surface area (TPSA) is 69.6 Å². The number of anilines is 1. The second-order valence-corrected chi connectivity index (χ2v) is 5.01. The number of hydrogen-bond donors (Lipinski definition) is 1. The van der Waals surface area contributed by atoms with E-state index in [1.807, 2.05) is 0 Å². The lowest BCUT2D eigenvalue weighted by atomic mass is 10.1. The van der Waals surface area contributed by atoms with Crippen molar-refractivity contribution < 1.29 is 8.78 Å². The van der Waals surface area contributed by atoms with Gasteiger partial charge in [-0.1, -0.05) is 6.92 Å². The van der Waals surface area contributed by atoms with E-state index in [9.17, 15) is 8.78 Å². The summed E-state index contributed by atoms with van der Waals surface area (Å²) in [5, 5.41) is 11.2. The van der Waals surface area contributed by atoms with Gasteiger partial charge in [-0.2, -0.15) is 0 Å². The molecule has 100 valence electrons. The smallest absolute Gasteiger partial charge is 0.185 e. The Morgan fingerprint density at radius 1 is 1.37 bits per heavy atom. The van der Waals surface area contributed by atoms with Crippen LogP contribution in [0, 0.1) is 23.5 Å². The second kappa shape index (κ2) is 4.25. The molecule has 0 bridgehead atoms. The van der Waals surface area contributed by atoms with Crippen LogP contribution in [-0.4, -0.2) is 20.2 Å². The first-order chi connectivity index (χ1) is 9.06. The van der Waals surface area contributed by atoms with Gasteiger partial charge in [0.25, 0.3) is 0 Å². The highest BCUT2D eigenvalue weighted by Crippen LogP contribution is 2.39. The van der Waals surface area contributed by atoms with Gasteiger partial charge in [0, 0.05) is 12.6 Å². The van der Waals surface area contributed by atoms with E-state index in [4.69, 9.17) is 5.73 Å². The van der Waals surface area contributed by atoms with Gasteiger partial charge in [-0.15, -0.1) is 5.10 Å². The van der Waals surface area contributed by atoms with E-state index in [0.717, 1.165) is 12.5 Å². The third kappa shape index (κ3) is 2.16. The number of halogens is 2. The van der Waals surface area contributed by atoms with Crippen molar-refractivity contribution in [2.24, 2.45) is 11.8 Å². The highest BCUT2D eigenvalue weighted by molar-refractivity contribution is 5.62. The molecule has 0 saturated heterocycles. The predicted octanol–water partition coefficient (Wildman–Crippen LogP) is 1.86. The Kier molecular flexibility index (Phi) is 2.69. The second-order valence-electron chi connectivity index (χ2n) is 5.01. The van der Waals surface area contributed by atoms with Crippen molar-refractivity contribution in [3.8, 4) is 11.4 Å². The van der Waals surface area contributed by atoms with Crippen molar-refractivity contribution in [2.75, 3.05) is 5.73 Å². The first-order valence-corrected chi connectivity index (χ1v) is 6.07. The van der Waals surface area contributed by atoms with Crippen molar-refractivity contribution in [1.82, 2.24) is 20.2 Å². The molecule has 1 fully saturated rings. The number of nitrogen functional groups attached to an aromatic ring is 1. The number of tetrazole rings is 1. The highest BCUT2D eigenvalue weighted by atomic mass is 19.1. The van der Waals surface area contributed by atoms with Crippen LogP contribution in [0.2, 0.25) is 0 Å². The number of aromatic nitrogens is 4. The van der Waals surface area contributed by atoms with Crippen LogP contribution in [-0.2, 0) is 6.54 Å². The third-order valence-corrected chi connectivity index (χ3v) is 3.54. The van der Waals surface area contributed by atoms with Crippen LogP contribution in [0.1, 0.15) is 13.3 Å². The molecular weight excluding hydrogens is 252 g/mol. The molecule has 0 aliphatic heterocycles. The van der Waals surface area contributed by atoms with Crippen molar-refractivity contribution in [2.45, 2.75) is 19.9 Å². The van der Waals surface area contributed by atoms with E-state index in [-0.39, 0.29) is 17.1 Å². The van der Waals surface area contributed by atoms with Crippen LogP contribution in [0.5, 0.6) is 0 Å². The SMILES string of the molecule is CC1CC1Cn1nnnc1-c1cc(N)c(F)cc1F. The van der Waals surface area contributed by atoms with E-state index in [0.29, 0.717) is 18.4 Å². The summed E-state index contributed by atoms with van der Waals surface area (Å²) >= 11 is 0. The lowest BCUT2D eigenvalue weighted by Gasteiger charge is -2.06. The molecule has 2 N–H and O–H groups in total. The molecule has 1 aliphatic rings. The molecule has 0 amide bonds. The molecule has 2 atom stereocenters. The van der Waals surface area contributed by atoms with Gasteiger partial charge < -0.3 is 5.73 Å². The first-order valence-electron chi connectivity index (χ1n) is 6.07. The van der Waals surface area contributed by atoms with E-state index in [1.165, 1.54) is 6.07 Å². The van der Waals surface area contributed by atoms with Gasteiger partial charge in [-0.25, -0.2) is 13.5 Å². The number of hydrogen-bond acceptors (Lipinski definition) is 4. The number of rotatable bonds is 3. The minimum Gasteiger partial charge on any atom is -0.396 e. The predicted molar refractivity (Wildman–Crippen MR) is 64.9 cm³/mol. The normalized spacial score (nSPS) is 21.6. The fourth-order valence-electron chi connectivity index (χ4n) is 2.13. The van der Waals surface area contributed by atoms with Crippen molar-refractivity contribution in [3.63, 3.8) is 0 Å². The van der Waals surface area contributed by atoms with E-state index >= 15 is 0 Å². The van der Waals surface area contributed by atoms with Crippen LogP contribution in [0.15, 0.2) is 12.1 Å². The quantitative estimate of drug-likeness (QED) is 0.860. The van der Waals surface area contributed by atoms with Crippen LogP contribution in [0.4, 0.5) is 14.5 Å². The molecule has 1 aliphatic carbocycles. The van der Waals surface area contributed by atoms with Crippen molar-refractivity contribution in [3.05, 3.63) is 23.8 Å². The molecule has 0 spiro atoms. The lowest BCUT2D eigenvalue weighted by molar-refractivity contribution is 0.525. The maximum absolute atomic E-state index is 13.8. The maximum atomic E-state index is 13.8.